The lowest BCUT2D eigenvalue weighted by Gasteiger charge is -2.22. The van der Waals surface area contributed by atoms with Crippen molar-refractivity contribution in [1.29, 1.82) is 0 Å². The van der Waals surface area contributed by atoms with Gasteiger partial charge in [-0.2, -0.15) is 0 Å². The number of hydrogen-bond acceptors (Lipinski definition) is 2. The van der Waals surface area contributed by atoms with Gasteiger partial charge in [-0.05, 0) is 89.2 Å². The zero-order chi connectivity index (χ0) is 43.9. The predicted molar refractivity (Wildman–Crippen MR) is 276 cm³/mol. The van der Waals surface area contributed by atoms with Crippen LogP contribution < -0.4 is 11.5 Å². The number of unbranched alkanes of at least 4 members (excludes halogenated alkanes) is 23. The van der Waals surface area contributed by atoms with E-state index in [0.29, 0.717) is 17.8 Å². The van der Waals surface area contributed by atoms with Crippen LogP contribution in [0.15, 0.2) is 97.1 Å². The Bertz CT molecular complexity index is 1640. The second-order valence-electron chi connectivity index (χ2n) is 19.2. The van der Waals surface area contributed by atoms with Gasteiger partial charge in [-0.25, -0.2) is 0 Å². The molecule has 4 aromatic carbocycles. The van der Waals surface area contributed by atoms with Gasteiger partial charge >= 0.3 is 0 Å². The van der Waals surface area contributed by atoms with Crippen molar-refractivity contribution in [1.82, 2.24) is 0 Å². The van der Waals surface area contributed by atoms with Crippen LogP contribution >= 0.6 is 0 Å². The van der Waals surface area contributed by atoms with E-state index in [9.17, 15) is 0 Å². The highest BCUT2D eigenvalue weighted by Gasteiger charge is 2.19. The first-order valence-corrected chi connectivity index (χ1v) is 26.4. The van der Waals surface area contributed by atoms with E-state index < -0.39 is 0 Å². The Kier molecular flexibility index (Phi) is 26.5. The third-order valence-corrected chi connectivity index (χ3v) is 14.0. The van der Waals surface area contributed by atoms with E-state index in [1.807, 2.05) is 0 Å². The minimum atomic E-state index is 0.414. The number of nitrogen functional groups attached to an aromatic ring is 2. The maximum absolute atomic E-state index is 6.16. The van der Waals surface area contributed by atoms with Gasteiger partial charge in [0.05, 0.1) is 0 Å². The molecular formula is C60H92N2. The zero-order valence-corrected chi connectivity index (χ0v) is 40.3. The van der Waals surface area contributed by atoms with Gasteiger partial charge in [0.15, 0.2) is 0 Å². The molecule has 2 nitrogen and oxygen atoms in total. The van der Waals surface area contributed by atoms with Gasteiger partial charge in [-0.3, -0.25) is 0 Å². The van der Waals surface area contributed by atoms with Crippen molar-refractivity contribution >= 4 is 11.4 Å². The van der Waals surface area contributed by atoms with Gasteiger partial charge in [0.25, 0.3) is 0 Å². The average Bonchev–Trinajstić information content (AvgIpc) is 3.29. The summed E-state index contributed by atoms with van der Waals surface area (Å²) in [5.41, 5.74) is 22.7. The van der Waals surface area contributed by atoms with Crippen LogP contribution in [0.3, 0.4) is 0 Å². The molecule has 4 N–H and O–H groups in total. The van der Waals surface area contributed by atoms with Crippen LogP contribution in [0.1, 0.15) is 258 Å². The molecule has 0 heterocycles. The Labute approximate surface area is 382 Å². The molecule has 4 rings (SSSR count). The summed E-state index contributed by atoms with van der Waals surface area (Å²) >= 11 is 0. The number of anilines is 2. The predicted octanol–water partition coefficient (Wildman–Crippen LogP) is 18.8. The molecule has 0 aliphatic heterocycles. The summed E-state index contributed by atoms with van der Waals surface area (Å²) in [5.74, 6) is 1.36. The van der Waals surface area contributed by atoms with Crippen molar-refractivity contribution in [2.24, 2.45) is 0 Å². The summed E-state index contributed by atoms with van der Waals surface area (Å²) < 4.78 is 0. The summed E-state index contributed by atoms with van der Waals surface area (Å²) in [6.07, 6.45) is 40.2. The molecule has 0 bridgehead atoms. The Balaban J connectivity index is 1.44. The lowest BCUT2D eigenvalue weighted by molar-refractivity contribution is 0.527. The van der Waals surface area contributed by atoms with Crippen LogP contribution in [-0.4, -0.2) is 0 Å². The molecule has 0 saturated carbocycles. The molecule has 0 fully saturated rings. The SMILES string of the molecule is CCCCCCCCCCCC(c1ccc(N)cc1)c1ccc(CC(CCCCCCCCCC)c2ccc(C(CCCCCCCCCCC)c3ccc(N)cc3)cc2)cc1. The highest BCUT2D eigenvalue weighted by Crippen LogP contribution is 2.35. The molecular weight excluding hydrogens is 749 g/mol. The molecule has 0 radical (unpaired) electrons. The maximum atomic E-state index is 6.16. The molecule has 0 aliphatic rings. The monoisotopic (exact) mass is 841 g/mol. The van der Waals surface area contributed by atoms with E-state index in [-0.39, 0.29) is 0 Å². The van der Waals surface area contributed by atoms with Crippen LogP contribution in [0.25, 0.3) is 0 Å². The lowest BCUT2D eigenvalue weighted by Crippen LogP contribution is -2.07. The van der Waals surface area contributed by atoms with E-state index in [4.69, 9.17) is 11.5 Å². The zero-order valence-electron chi connectivity index (χ0n) is 40.3. The van der Waals surface area contributed by atoms with E-state index in [0.717, 1.165) is 17.8 Å². The van der Waals surface area contributed by atoms with E-state index >= 15 is 0 Å². The summed E-state index contributed by atoms with van der Waals surface area (Å²) in [6, 6.07) is 37.1. The van der Waals surface area contributed by atoms with Gasteiger partial charge in [-0.15, -0.1) is 0 Å². The molecule has 0 aromatic heterocycles. The smallest absolute Gasteiger partial charge is 0.0314 e. The summed E-state index contributed by atoms with van der Waals surface area (Å²) in [4.78, 5) is 0. The first kappa shape index (κ1) is 51.1. The van der Waals surface area contributed by atoms with E-state index in [1.54, 1.807) is 0 Å². The number of rotatable bonds is 36. The van der Waals surface area contributed by atoms with Crippen molar-refractivity contribution in [3.8, 4) is 0 Å². The Morgan fingerprint density at radius 3 is 0.887 bits per heavy atom. The fourth-order valence-electron chi connectivity index (χ4n) is 9.91. The fraction of sp³-hybridized carbons (Fsp3) is 0.600. The minimum Gasteiger partial charge on any atom is -0.399 e. The summed E-state index contributed by atoms with van der Waals surface area (Å²) in [7, 11) is 0. The maximum Gasteiger partial charge on any atom is 0.0314 e. The number of nitrogens with two attached hydrogens (primary N) is 2. The summed E-state index contributed by atoms with van der Waals surface area (Å²) in [5, 5.41) is 0. The van der Waals surface area contributed by atoms with Gasteiger partial charge in [0, 0.05) is 23.2 Å². The Morgan fingerprint density at radius 2 is 0.548 bits per heavy atom. The highest BCUT2D eigenvalue weighted by molar-refractivity contribution is 5.44. The van der Waals surface area contributed by atoms with Gasteiger partial charge < -0.3 is 11.5 Å². The van der Waals surface area contributed by atoms with Crippen LogP contribution in [-0.2, 0) is 6.42 Å². The first-order chi connectivity index (χ1) is 30.5. The van der Waals surface area contributed by atoms with Crippen molar-refractivity contribution < 1.29 is 0 Å². The number of hydrogen-bond donors (Lipinski definition) is 2. The summed E-state index contributed by atoms with van der Waals surface area (Å²) in [6.45, 7) is 6.92. The standard InChI is InChI=1S/C60H92N2/c1-4-7-10-13-16-19-22-25-28-31-59(54-41-45-57(61)46-42-54)52-35-33-50(34-36-52)49-56(30-27-24-21-18-15-12-9-6-3)51-37-39-53(40-38-51)60(55-43-47-58(62)48-44-55)32-29-26-23-20-17-14-11-8-5-2/h33-48,56,59-60H,4-32,49,61-62H2,1-3H3. The van der Waals surface area contributed by atoms with Gasteiger partial charge in [-0.1, -0.05) is 261 Å². The molecule has 0 saturated heterocycles. The van der Waals surface area contributed by atoms with Gasteiger partial charge in [0.1, 0.15) is 0 Å². The molecule has 0 spiro atoms. The number of benzene rings is 4. The van der Waals surface area contributed by atoms with E-state index in [2.05, 4.69) is 118 Å². The molecule has 0 amide bonds. The lowest BCUT2D eigenvalue weighted by atomic mass is 9.82. The molecule has 342 valence electrons. The first-order valence-electron chi connectivity index (χ1n) is 26.4. The van der Waals surface area contributed by atoms with Crippen LogP contribution in [0.4, 0.5) is 11.4 Å². The molecule has 3 unspecified atom stereocenters. The van der Waals surface area contributed by atoms with Crippen molar-refractivity contribution in [2.45, 2.75) is 231 Å². The molecule has 0 aliphatic carbocycles. The Morgan fingerprint density at radius 1 is 0.290 bits per heavy atom. The van der Waals surface area contributed by atoms with E-state index in [1.165, 1.54) is 220 Å². The molecule has 62 heavy (non-hydrogen) atoms. The minimum absolute atomic E-state index is 0.414. The average molecular weight is 841 g/mol. The quantitative estimate of drug-likeness (QED) is 0.0354. The molecule has 4 aromatic rings. The normalized spacial score (nSPS) is 13.0. The fourth-order valence-corrected chi connectivity index (χ4v) is 9.91. The third-order valence-electron chi connectivity index (χ3n) is 14.0. The topological polar surface area (TPSA) is 52.0 Å². The largest absolute Gasteiger partial charge is 0.399 e. The second kappa shape index (κ2) is 32.2. The molecule has 3 atom stereocenters. The third kappa shape index (κ3) is 20.3. The Hall–Kier alpha value is -3.52. The second-order valence-corrected chi connectivity index (χ2v) is 19.2. The van der Waals surface area contributed by atoms with Crippen molar-refractivity contribution in [2.75, 3.05) is 11.5 Å². The van der Waals surface area contributed by atoms with Crippen molar-refractivity contribution in [3.05, 3.63) is 130 Å². The van der Waals surface area contributed by atoms with Gasteiger partial charge in [0.2, 0.25) is 0 Å². The van der Waals surface area contributed by atoms with Crippen molar-refractivity contribution in [3.63, 3.8) is 0 Å². The molecule has 2 heteroatoms. The van der Waals surface area contributed by atoms with Crippen LogP contribution in [0.2, 0.25) is 0 Å². The van der Waals surface area contributed by atoms with Crippen LogP contribution in [0.5, 0.6) is 0 Å². The highest BCUT2D eigenvalue weighted by atomic mass is 14.5. The van der Waals surface area contributed by atoms with Crippen LogP contribution in [0, 0.1) is 0 Å².